The van der Waals surface area contributed by atoms with Crippen LogP contribution in [0, 0.1) is 0 Å². The van der Waals surface area contributed by atoms with E-state index in [1.807, 2.05) is 30.3 Å². The number of carbonyl (C=O) groups excluding carboxylic acids is 1. The molecule has 51 heavy (non-hydrogen) atoms. The van der Waals surface area contributed by atoms with E-state index in [-0.39, 0.29) is 17.8 Å². The number of methoxy groups -OCH3 is 3. The smallest absolute Gasteiger partial charge is 0.328 e. The van der Waals surface area contributed by atoms with E-state index in [1.54, 1.807) is 35.3 Å². The van der Waals surface area contributed by atoms with Crippen molar-refractivity contribution in [3.63, 3.8) is 0 Å². The maximum Gasteiger partial charge on any atom is 0.328 e. The topological polar surface area (TPSA) is 91.0 Å². The first kappa shape index (κ1) is 34.7. The van der Waals surface area contributed by atoms with Crippen LogP contribution in [0.25, 0.3) is 0 Å². The number of esters is 1. The van der Waals surface area contributed by atoms with Gasteiger partial charge in [-0.15, -0.1) is 0 Å². The Labute approximate surface area is 300 Å². The molecular formula is C41H47N3O7. The molecule has 0 fully saturated rings. The van der Waals surface area contributed by atoms with Crippen LogP contribution < -0.4 is 33.7 Å². The van der Waals surface area contributed by atoms with Crippen molar-refractivity contribution in [2.24, 2.45) is 0 Å². The Morgan fingerprint density at radius 3 is 2.10 bits per heavy atom. The number of carbonyl (C=O) groups is 1. The van der Waals surface area contributed by atoms with E-state index in [0.29, 0.717) is 40.9 Å². The van der Waals surface area contributed by atoms with Gasteiger partial charge in [0.15, 0.2) is 34.5 Å². The van der Waals surface area contributed by atoms with Crippen LogP contribution in [-0.4, -0.2) is 77.4 Å². The lowest BCUT2D eigenvalue weighted by atomic mass is 9.87. The molecule has 4 aromatic carbocycles. The molecule has 0 radical (unpaired) electrons. The molecule has 0 amide bonds. The van der Waals surface area contributed by atoms with Gasteiger partial charge in [0.25, 0.3) is 0 Å². The maximum absolute atomic E-state index is 13.4. The number of ether oxygens (including phenoxy) is 6. The highest BCUT2D eigenvalue weighted by Gasteiger charge is 2.36. The van der Waals surface area contributed by atoms with E-state index in [0.717, 1.165) is 54.8 Å². The van der Waals surface area contributed by atoms with Crippen LogP contribution in [-0.2, 0) is 30.5 Å². The first-order valence-corrected chi connectivity index (χ1v) is 17.6. The lowest BCUT2D eigenvalue weighted by molar-refractivity contribution is -0.136. The average Bonchev–Trinajstić information content (AvgIpc) is 3.14. The van der Waals surface area contributed by atoms with Crippen molar-refractivity contribution in [2.45, 2.75) is 50.7 Å². The average molecular weight is 694 g/mol. The summed E-state index contributed by atoms with van der Waals surface area (Å²) in [7, 11) is 10.9. The van der Waals surface area contributed by atoms with Gasteiger partial charge in [0, 0.05) is 30.7 Å². The first-order chi connectivity index (χ1) is 24.7. The molecule has 0 saturated carbocycles. The lowest BCUT2D eigenvalue weighted by Crippen LogP contribution is -2.35. The van der Waals surface area contributed by atoms with Crippen molar-refractivity contribution >= 4 is 5.97 Å². The van der Waals surface area contributed by atoms with Crippen LogP contribution in [0.5, 0.6) is 46.0 Å². The van der Waals surface area contributed by atoms with E-state index >= 15 is 0 Å². The summed E-state index contributed by atoms with van der Waals surface area (Å²) in [5.74, 6) is 3.87. The Bertz CT molecular complexity index is 1930. The molecule has 10 heteroatoms. The van der Waals surface area contributed by atoms with Crippen LogP contribution in [0.4, 0.5) is 0 Å². The summed E-state index contributed by atoms with van der Waals surface area (Å²) < 4.78 is 37.4. The van der Waals surface area contributed by atoms with Crippen molar-refractivity contribution in [3.8, 4) is 46.0 Å². The molecule has 0 spiro atoms. The summed E-state index contributed by atoms with van der Waals surface area (Å²) in [6, 6.07) is 20.0. The highest BCUT2D eigenvalue weighted by Crippen LogP contribution is 2.52. The third-order valence-electron chi connectivity index (χ3n) is 10.6. The number of hydrogen-bond acceptors (Lipinski definition) is 10. The number of fused-ring (bicyclic) bond motifs is 2. The van der Waals surface area contributed by atoms with E-state index in [2.05, 4.69) is 59.5 Å². The van der Waals surface area contributed by atoms with Crippen molar-refractivity contribution in [2.75, 3.05) is 55.6 Å². The van der Waals surface area contributed by atoms with Gasteiger partial charge in [-0.3, -0.25) is 9.80 Å². The van der Waals surface area contributed by atoms with E-state index in [1.165, 1.54) is 16.7 Å². The Morgan fingerprint density at radius 1 is 0.765 bits per heavy atom. The molecule has 8 rings (SSSR count). The standard InChI is InChI=1S/C41H47N3O7/c1-24(42-2)41(45)51-39-37(48-7)22-28-15-17-44(4)32-19-26-10-13-33(46-5)35(20-26)49-29-11-8-25(9-12-29)18-31-30-23-36(50-40(39)38(28)32)34(47-6)21-27(30)14-16-43(31)3/h8-13,20-24,31-32,42H,14-19H2,1-7H3/t24-,31-,32-/m0/s1. The molecule has 3 atom stereocenters. The quantitative estimate of drug-likeness (QED) is 0.175. The Balaban J connectivity index is 1.48. The third-order valence-corrected chi connectivity index (χ3v) is 10.6. The van der Waals surface area contributed by atoms with Gasteiger partial charge >= 0.3 is 5.97 Å². The van der Waals surface area contributed by atoms with E-state index in [4.69, 9.17) is 28.4 Å². The molecule has 6 bridgehead atoms. The Kier molecular flexibility index (Phi) is 9.83. The van der Waals surface area contributed by atoms with Crippen LogP contribution in [0.1, 0.15) is 52.4 Å². The minimum atomic E-state index is -0.559. The summed E-state index contributed by atoms with van der Waals surface area (Å²) in [5.41, 5.74) is 6.64. The van der Waals surface area contributed by atoms with Gasteiger partial charge < -0.3 is 33.7 Å². The second-order valence-electron chi connectivity index (χ2n) is 13.7. The zero-order chi connectivity index (χ0) is 35.8. The van der Waals surface area contributed by atoms with Crippen LogP contribution in [0.2, 0.25) is 0 Å². The predicted molar refractivity (Wildman–Crippen MR) is 195 cm³/mol. The fourth-order valence-electron chi connectivity index (χ4n) is 7.49. The SMILES string of the molecule is CN[C@@H](C)C(=O)Oc1c(OC)cc2c3c1Oc1cc4c(cc1OC)CCN(C)[C@H]4Cc1ccc(cc1)Oc1cc(ccc1OC)C[C@@H]3N(C)CC2. The number of nitrogens with one attached hydrogen (secondary N) is 1. The number of hydrogen-bond donors (Lipinski definition) is 1. The minimum Gasteiger partial charge on any atom is -0.493 e. The molecule has 0 unspecified atom stereocenters. The van der Waals surface area contributed by atoms with Gasteiger partial charge in [0.2, 0.25) is 5.75 Å². The lowest BCUT2D eigenvalue weighted by Gasteiger charge is -2.37. The first-order valence-electron chi connectivity index (χ1n) is 17.6. The molecule has 4 aliphatic heterocycles. The van der Waals surface area contributed by atoms with Crippen LogP contribution in [0.3, 0.4) is 0 Å². The third kappa shape index (κ3) is 6.71. The molecule has 0 saturated heterocycles. The molecule has 0 aromatic heterocycles. The van der Waals surface area contributed by atoms with Crippen molar-refractivity contribution < 1.29 is 33.2 Å². The molecule has 268 valence electrons. The largest absolute Gasteiger partial charge is 0.493 e. The van der Waals surface area contributed by atoms with Gasteiger partial charge in [0.05, 0.1) is 21.3 Å². The number of likely N-dealkylation sites (N-methyl/N-ethyl adjacent to an activating group) is 3. The number of benzene rings is 4. The fourth-order valence-corrected chi connectivity index (χ4v) is 7.49. The summed E-state index contributed by atoms with van der Waals surface area (Å²) in [4.78, 5) is 18.1. The second-order valence-corrected chi connectivity index (χ2v) is 13.7. The molecular weight excluding hydrogens is 646 g/mol. The van der Waals surface area contributed by atoms with Crippen LogP contribution in [0.15, 0.2) is 60.7 Å². The van der Waals surface area contributed by atoms with Gasteiger partial charge in [-0.1, -0.05) is 18.2 Å². The highest BCUT2D eigenvalue weighted by atomic mass is 16.6. The summed E-state index contributed by atoms with van der Waals surface area (Å²) in [5, 5.41) is 2.99. The molecule has 0 aliphatic carbocycles. The Hall–Kier alpha value is -4.77. The second kappa shape index (κ2) is 14.5. The van der Waals surface area contributed by atoms with E-state index < -0.39 is 12.0 Å². The molecule has 4 aromatic rings. The zero-order valence-electron chi connectivity index (χ0n) is 30.5. The zero-order valence-corrected chi connectivity index (χ0v) is 30.5. The number of nitrogens with zero attached hydrogens (tertiary/aromatic N) is 2. The van der Waals surface area contributed by atoms with E-state index in [9.17, 15) is 4.79 Å². The predicted octanol–water partition coefficient (Wildman–Crippen LogP) is 6.67. The Morgan fingerprint density at radius 2 is 1.39 bits per heavy atom. The van der Waals surface area contributed by atoms with Crippen molar-refractivity contribution in [3.05, 3.63) is 94.0 Å². The van der Waals surface area contributed by atoms with Crippen molar-refractivity contribution in [1.29, 1.82) is 0 Å². The molecule has 4 heterocycles. The van der Waals surface area contributed by atoms with Gasteiger partial charge in [-0.05, 0) is 124 Å². The normalized spacial score (nSPS) is 19.0. The minimum absolute atomic E-state index is 0.0938. The number of rotatable bonds is 6. The van der Waals surface area contributed by atoms with Gasteiger partial charge in [-0.2, -0.15) is 0 Å². The fraction of sp³-hybridized carbons (Fsp3) is 0.390. The molecule has 4 aliphatic rings. The monoisotopic (exact) mass is 693 g/mol. The van der Waals surface area contributed by atoms with Crippen molar-refractivity contribution in [1.82, 2.24) is 15.1 Å². The van der Waals surface area contributed by atoms with Gasteiger partial charge in [-0.25, -0.2) is 4.79 Å². The van der Waals surface area contributed by atoms with Gasteiger partial charge in [0.1, 0.15) is 11.8 Å². The molecule has 1 N–H and O–H groups in total. The maximum atomic E-state index is 13.4. The summed E-state index contributed by atoms with van der Waals surface area (Å²) in [6.45, 7) is 3.50. The summed E-state index contributed by atoms with van der Waals surface area (Å²) >= 11 is 0. The molecule has 10 nitrogen and oxygen atoms in total. The van der Waals surface area contributed by atoms with Crippen LogP contribution >= 0.6 is 0 Å². The summed E-state index contributed by atoms with van der Waals surface area (Å²) in [6.07, 6.45) is 3.06. The highest BCUT2D eigenvalue weighted by molar-refractivity contribution is 5.80.